The highest BCUT2D eigenvalue weighted by Crippen LogP contribution is 2.22. The van der Waals surface area contributed by atoms with E-state index in [4.69, 9.17) is 0 Å². The molecule has 3 rings (SSSR count). The molecule has 0 aliphatic heterocycles. The minimum atomic E-state index is -0.675. The van der Waals surface area contributed by atoms with Crippen LogP contribution in [0.4, 0.5) is 0 Å². The molecule has 2 aromatic heterocycles. The van der Waals surface area contributed by atoms with Gasteiger partial charge in [-0.1, -0.05) is 37.3 Å². The summed E-state index contributed by atoms with van der Waals surface area (Å²) in [5.41, 5.74) is 3.67. The van der Waals surface area contributed by atoms with E-state index in [9.17, 15) is 5.11 Å². The van der Waals surface area contributed by atoms with Gasteiger partial charge in [-0.15, -0.1) is 0 Å². The maximum atomic E-state index is 10.4. The number of aliphatic hydroxyl groups excluding tert-OH is 1. The lowest BCUT2D eigenvalue weighted by Crippen LogP contribution is -2.00. The van der Waals surface area contributed by atoms with Crippen LogP contribution in [0.5, 0.6) is 0 Å². The third-order valence-corrected chi connectivity index (χ3v) is 3.37. The van der Waals surface area contributed by atoms with Crippen molar-refractivity contribution in [2.75, 3.05) is 0 Å². The summed E-state index contributed by atoms with van der Waals surface area (Å²) in [6.07, 6.45) is 4.13. The Morgan fingerprint density at radius 1 is 1.16 bits per heavy atom. The quantitative estimate of drug-likeness (QED) is 0.778. The number of aromatic nitrogens is 2. The highest BCUT2D eigenvalue weighted by atomic mass is 16.3. The topological polar surface area (TPSA) is 37.5 Å². The number of aryl methyl sites for hydroxylation is 1. The van der Waals surface area contributed by atoms with Crippen molar-refractivity contribution in [1.82, 2.24) is 9.38 Å². The van der Waals surface area contributed by atoms with Crippen molar-refractivity contribution in [3.63, 3.8) is 0 Å². The molecule has 1 aromatic carbocycles. The molecule has 0 saturated carbocycles. The Kier molecular flexibility index (Phi) is 3.05. The lowest BCUT2D eigenvalue weighted by molar-refractivity contribution is 0.216. The molecule has 0 aliphatic rings. The molecule has 0 aliphatic carbocycles. The van der Waals surface area contributed by atoms with Gasteiger partial charge in [0, 0.05) is 12.4 Å². The molecule has 0 bridgehead atoms. The monoisotopic (exact) mass is 252 g/mol. The van der Waals surface area contributed by atoms with Crippen molar-refractivity contribution in [1.29, 1.82) is 0 Å². The molecular formula is C16H16N2O. The van der Waals surface area contributed by atoms with Crippen LogP contribution in [-0.4, -0.2) is 14.5 Å². The Bertz CT molecular complexity index is 652. The molecule has 96 valence electrons. The Balaban J connectivity index is 1.95. The minimum Gasteiger partial charge on any atom is -0.382 e. The van der Waals surface area contributed by atoms with Gasteiger partial charge in [0.25, 0.3) is 0 Å². The molecular weight excluding hydrogens is 236 g/mol. The fraction of sp³-hybridized carbons (Fsp3) is 0.188. The van der Waals surface area contributed by atoms with Gasteiger partial charge in [-0.3, -0.25) is 0 Å². The van der Waals surface area contributed by atoms with E-state index >= 15 is 0 Å². The van der Waals surface area contributed by atoms with Crippen LogP contribution >= 0.6 is 0 Å². The smallest absolute Gasteiger partial charge is 0.137 e. The first kappa shape index (κ1) is 11.9. The molecule has 0 saturated heterocycles. The van der Waals surface area contributed by atoms with Crippen LogP contribution in [-0.2, 0) is 6.42 Å². The molecule has 3 nitrogen and oxygen atoms in total. The lowest BCUT2D eigenvalue weighted by Gasteiger charge is -2.08. The standard InChI is InChI=1S/C16H16N2O/c1-2-12-6-8-13(9-7-12)16(19)14-11-18-10-4-3-5-15(18)17-14/h3-11,16,19H,2H2,1H3. The summed E-state index contributed by atoms with van der Waals surface area (Å²) >= 11 is 0. The van der Waals surface area contributed by atoms with Crippen LogP contribution in [0.1, 0.15) is 29.8 Å². The van der Waals surface area contributed by atoms with Gasteiger partial charge >= 0.3 is 0 Å². The SMILES string of the molecule is CCc1ccc(C(O)c2cn3ccccc3n2)cc1. The van der Waals surface area contributed by atoms with Crippen LogP contribution < -0.4 is 0 Å². The number of rotatable bonds is 3. The van der Waals surface area contributed by atoms with Crippen LogP contribution in [0.3, 0.4) is 0 Å². The number of hydrogen-bond acceptors (Lipinski definition) is 2. The second kappa shape index (κ2) is 4.86. The molecule has 3 aromatic rings. The van der Waals surface area contributed by atoms with Crippen LogP contribution in [0.2, 0.25) is 0 Å². The number of imidazole rings is 1. The van der Waals surface area contributed by atoms with Gasteiger partial charge in [-0.25, -0.2) is 4.98 Å². The van der Waals surface area contributed by atoms with Crippen LogP contribution in [0.25, 0.3) is 5.65 Å². The van der Waals surface area contributed by atoms with E-state index < -0.39 is 6.10 Å². The zero-order valence-electron chi connectivity index (χ0n) is 10.8. The zero-order chi connectivity index (χ0) is 13.2. The lowest BCUT2D eigenvalue weighted by atomic mass is 10.0. The summed E-state index contributed by atoms with van der Waals surface area (Å²) in [5, 5.41) is 10.4. The van der Waals surface area contributed by atoms with Gasteiger partial charge in [0.1, 0.15) is 11.8 Å². The Morgan fingerprint density at radius 3 is 2.63 bits per heavy atom. The number of nitrogens with zero attached hydrogens (tertiary/aromatic N) is 2. The molecule has 1 N–H and O–H groups in total. The first-order valence-corrected chi connectivity index (χ1v) is 6.48. The van der Waals surface area contributed by atoms with E-state index in [0.29, 0.717) is 5.69 Å². The van der Waals surface area contributed by atoms with Crippen LogP contribution in [0, 0.1) is 0 Å². The fourth-order valence-electron chi connectivity index (χ4n) is 2.19. The second-order valence-electron chi connectivity index (χ2n) is 4.63. The Labute approximate surface area is 112 Å². The van der Waals surface area contributed by atoms with E-state index in [1.807, 2.05) is 59.3 Å². The number of fused-ring (bicyclic) bond motifs is 1. The average molecular weight is 252 g/mol. The van der Waals surface area contributed by atoms with Gasteiger partial charge in [-0.2, -0.15) is 0 Å². The van der Waals surface area contributed by atoms with Crippen molar-refractivity contribution in [2.24, 2.45) is 0 Å². The van der Waals surface area contributed by atoms with E-state index in [1.165, 1.54) is 5.56 Å². The minimum absolute atomic E-state index is 0.675. The van der Waals surface area contributed by atoms with Gasteiger partial charge in [-0.05, 0) is 29.7 Å². The fourth-order valence-corrected chi connectivity index (χ4v) is 2.19. The molecule has 0 spiro atoms. The van der Waals surface area contributed by atoms with Gasteiger partial charge in [0.15, 0.2) is 0 Å². The Morgan fingerprint density at radius 2 is 1.95 bits per heavy atom. The molecule has 3 heteroatoms. The molecule has 0 fully saturated rings. The highest BCUT2D eigenvalue weighted by Gasteiger charge is 2.13. The highest BCUT2D eigenvalue weighted by molar-refractivity contribution is 5.41. The molecule has 0 amide bonds. The maximum absolute atomic E-state index is 10.4. The second-order valence-corrected chi connectivity index (χ2v) is 4.63. The number of aliphatic hydroxyl groups is 1. The maximum Gasteiger partial charge on any atom is 0.137 e. The summed E-state index contributed by atoms with van der Waals surface area (Å²) in [5.74, 6) is 0. The third kappa shape index (κ3) is 2.25. The van der Waals surface area contributed by atoms with Crippen molar-refractivity contribution in [3.05, 3.63) is 71.7 Å². The molecule has 1 atom stereocenters. The molecule has 1 unspecified atom stereocenters. The first-order valence-electron chi connectivity index (χ1n) is 6.48. The number of benzene rings is 1. The van der Waals surface area contributed by atoms with Crippen LogP contribution in [0.15, 0.2) is 54.9 Å². The summed E-state index contributed by atoms with van der Waals surface area (Å²) in [4.78, 5) is 4.44. The predicted molar refractivity (Wildman–Crippen MR) is 75.1 cm³/mol. The van der Waals surface area contributed by atoms with Crippen molar-refractivity contribution in [2.45, 2.75) is 19.4 Å². The van der Waals surface area contributed by atoms with Crippen molar-refractivity contribution in [3.8, 4) is 0 Å². The first-order chi connectivity index (χ1) is 9.28. The third-order valence-electron chi connectivity index (χ3n) is 3.37. The van der Waals surface area contributed by atoms with E-state index in [1.54, 1.807) is 0 Å². The van der Waals surface area contributed by atoms with Crippen molar-refractivity contribution >= 4 is 5.65 Å². The number of pyridine rings is 1. The predicted octanol–water partition coefficient (Wildman–Crippen LogP) is 2.98. The van der Waals surface area contributed by atoms with E-state index in [2.05, 4.69) is 11.9 Å². The van der Waals surface area contributed by atoms with Gasteiger partial charge in [0.2, 0.25) is 0 Å². The summed E-state index contributed by atoms with van der Waals surface area (Å²) in [7, 11) is 0. The molecule has 0 radical (unpaired) electrons. The Hall–Kier alpha value is -2.13. The molecule has 19 heavy (non-hydrogen) atoms. The van der Waals surface area contributed by atoms with Gasteiger partial charge < -0.3 is 9.51 Å². The zero-order valence-corrected chi connectivity index (χ0v) is 10.8. The average Bonchev–Trinajstić information content (AvgIpc) is 2.90. The molecule has 2 heterocycles. The number of hydrogen-bond donors (Lipinski definition) is 1. The van der Waals surface area contributed by atoms with E-state index in [-0.39, 0.29) is 0 Å². The van der Waals surface area contributed by atoms with E-state index in [0.717, 1.165) is 17.6 Å². The summed E-state index contributed by atoms with van der Waals surface area (Å²) < 4.78 is 1.92. The van der Waals surface area contributed by atoms with Gasteiger partial charge in [0.05, 0.1) is 5.69 Å². The summed E-state index contributed by atoms with van der Waals surface area (Å²) in [6.45, 7) is 2.12. The largest absolute Gasteiger partial charge is 0.382 e. The normalized spacial score (nSPS) is 12.7. The summed E-state index contributed by atoms with van der Waals surface area (Å²) in [6, 6.07) is 13.8. The van der Waals surface area contributed by atoms with Crippen molar-refractivity contribution < 1.29 is 5.11 Å².